The molecule has 0 amide bonds. The minimum absolute atomic E-state index is 0.144. The van der Waals surface area contributed by atoms with Crippen LogP contribution in [0.25, 0.3) is 0 Å². The molecule has 0 bridgehead atoms. The Morgan fingerprint density at radius 3 is 2.76 bits per heavy atom. The average molecular weight is 335 g/mol. The quantitative estimate of drug-likeness (QED) is 0.811. The van der Waals surface area contributed by atoms with E-state index in [0.717, 1.165) is 10.2 Å². The second-order valence-corrected chi connectivity index (χ2v) is 6.20. The van der Waals surface area contributed by atoms with Gasteiger partial charge in [-0.2, -0.15) is 0 Å². The van der Waals surface area contributed by atoms with Gasteiger partial charge in [0.25, 0.3) is 0 Å². The summed E-state index contributed by atoms with van der Waals surface area (Å²) in [5.41, 5.74) is 0.731. The molecule has 0 fully saturated rings. The SMILES string of the molecule is Cc1sc(CNc2ccc(Cl)c(F)c2)cc1Br. The fraction of sp³-hybridized carbons (Fsp3) is 0.167. The third-order valence-electron chi connectivity index (χ3n) is 2.29. The lowest BCUT2D eigenvalue weighted by atomic mass is 10.3. The zero-order valence-electron chi connectivity index (χ0n) is 9.06. The molecule has 1 N–H and O–H groups in total. The fourth-order valence-electron chi connectivity index (χ4n) is 1.40. The van der Waals surface area contributed by atoms with Crippen LogP contribution in [-0.2, 0) is 6.54 Å². The van der Waals surface area contributed by atoms with Crippen LogP contribution in [0.5, 0.6) is 0 Å². The van der Waals surface area contributed by atoms with E-state index >= 15 is 0 Å². The smallest absolute Gasteiger partial charge is 0.143 e. The van der Waals surface area contributed by atoms with Gasteiger partial charge in [0.2, 0.25) is 0 Å². The first kappa shape index (κ1) is 12.9. The summed E-state index contributed by atoms with van der Waals surface area (Å²) < 4.78 is 14.3. The average Bonchev–Trinajstić information content (AvgIpc) is 2.60. The summed E-state index contributed by atoms with van der Waals surface area (Å²) in [5.74, 6) is -0.403. The highest BCUT2D eigenvalue weighted by atomic mass is 79.9. The molecule has 0 aliphatic rings. The van der Waals surface area contributed by atoms with Crippen LogP contribution < -0.4 is 5.32 Å². The van der Waals surface area contributed by atoms with E-state index in [-0.39, 0.29) is 5.02 Å². The van der Waals surface area contributed by atoms with Crippen LogP contribution in [0.15, 0.2) is 28.7 Å². The number of aryl methyl sites for hydroxylation is 1. The molecule has 90 valence electrons. The number of benzene rings is 1. The highest BCUT2D eigenvalue weighted by molar-refractivity contribution is 9.10. The topological polar surface area (TPSA) is 12.0 Å². The van der Waals surface area contributed by atoms with Crippen molar-refractivity contribution in [1.29, 1.82) is 0 Å². The molecule has 0 saturated heterocycles. The molecule has 0 spiro atoms. The Balaban J connectivity index is 2.04. The number of thiophene rings is 1. The van der Waals surface area contributed by atoms with Crippen molar-refractivity contribution in [1.82, 2.24) is 0 Å². The van der Waals surface area contributed by atoms with E-state index in [4.69, 9.17) is 11.6 Å². The molecule has 0 aliphatic heterocycles. The number of rotatable bonds is 3. The zero-order valence-corrected chi connectivity index (χ0v) is 12.2. The summed E-state index contributed by atoms with van der Waals surface area (Å²) in [6, 6.07) is 6.78. The Kier molecular flexibility index (Phi) is 4.07. The molecule has 1 heterocycles. The Bertz CT molecular complexity index is 522. The molecule has 1 aromatic carbocycles. The second-order valence-electron chi connectivity index (χ2n) is 3.60. The van der Waals surface area contributed by atoms with E-state index in [9.17, 15) is 4.39 Å². The van der Waals surface area contributed by atoms with Gasteiger partial charge in [0.15, 0.2) is 0 Å². The summed E-state index contributed by atoms with van der Waals surface area (Å²) in [5, 5.41) is 3.30. The summed E-state index contributed by atoms with van der Waals surface area (Å²) in [7, 11) is 0. The molecule has 1 aromatic heterocycles. The van der Waals surface area contributed by atoms with E-state index in [0.29, 0.717) is 6.54 Å². The third-order valence-corrected chi connectivity index (χ3v) is 4.74. The number of hydrogen-bond acceptors (Lipinski definition) is 2. The van der Waals surface area contributed by atoms with Gasteiger partial charge >= 0.3 is 0 Å². The van der Waals surface area contributed by atoms with Crippen LogP contribution in [0.4, 0.5) is 10.1 Å². The first-order chi connectivity index (χ1) is 8.06. The van der Waals surface area contributed by atoms with Crippen molar-refractivity contribution in [3.63, 3.8) is 0 Å². The Morgan fingerprint density at radius 1 is 1.41 bits per heavy atom. The van der Waals surface area contributed by atoms with Gasteiger partial charge in [-0.3, -0.25) is 0 Å². The summed E-state index contributed by atoms with van der Waals surface area (Å²) >= 11 is 10.8. The molecule has 0 radical (unpaired) electrons. The van der Waals surface area contributed by atoms with Crippen molar-refractivity contribution in [2.24, 2.45) is 0 Å². The third kappa shape index (κ3) is 3.21. The minimum Gasteiger partial charge on any atom is -0.380 e. The van der Waals surface area contributed by atoms with Gasteiger partial charge < -0.3 is 5.32 Å². The predicted octanol–water partition coefficient (Wildman–Crippen LogP) is 5.22. The maximum absolute atomic E-state index is 13.2. The minimum atomic E-state index is -0.403. The summed E-state index contributed by atoms with van der Waals surface area (Å²) in [6.07, 6.45) is 0. The van der Waals surface area contributed by atoms with E-state index in [1.807, 2.05) is 0 Å². The van der Waals surface area contributed by atoms with Crippen molar-refractivity contribution < 1.29 is 4.39 Å². The Labute approximate surface area is 117 Å². The van der Waals surface area contributed by atoms with Crippen molar-refractivity contribution in [2.45, 2.75) is 13.5 Å². The van der Waals surface area contributed by atoms with Gasteiger partial charge in [-0.1, -0.05) is 11.6 Å². The van der Waals surface area contributed by atoms with Crippen molar-refractivity contribution in [2.75, 3.05) is 5.32 Å². The maximum atomic E-state index is 13.2. The molecule has 2 aromatic rings. The van der Waals surface area contributed by atoms with E-state index in [1.165, 1.54) is 15.8 Å². The van der Waals surface area contributed by atoms with Crippen LogP contribution in [0, 0.1) is 12.7 Å². The van der Waals surface area contributed by atoms with Gasteiger partial charge in [0.1, 0.15) is 5.82 Å². The summed E-state index contributed by atoms with van der Waals surface area (Å²) in [4.78, 5) is 2.44. The number of anilines is 1. The number of hydrogen-bond donors (Lipinski definition) is 1. The highest BCUT2D eigenvalue weighted by Gasteiger charge is 2.04. The lowest BCUT2D eigenvalue weighted by Gasteiger charge is -2.05. The van der Waals surface area contributed by atoms with Gasteiger partial charge in [-0.05, 0) is 47.1 Å². The fourth-order valence-corrected chi connectivity index (χ4v) is 3.06. The van der Waals surface area contributed by atoms with Crippen LogP contribution in [-0.4, -0.2) is 0 Å². The van der Waals surface area contributed by atoms with E-state index in [2.05, 4.69) is 34.2 Å². The number of nitrogens with one attached hydrogen (secondary N) is 1. The van der Waals surface area contributed by atoms with Crippen LogP contribution in [0.2, 0.25) is 5.02 Å². The normalized spacial score (nSPS) is 10.6. The van der Waals surface area contributed by atoms with Gasteiger partial charge in [-0.15, -0.1) is 11.3 Å². The molecule has 0 unspecified atom stereocenters. The molecule has 0 aliphatic carbocycles. The Hall–Kier alpha value is -0.580. The molecule has 0 saturated carbocycles. The molecule has 0 atom stereocenters. The van der Waals surface area contributed by atoms with Crippen LogP contribution >= 0.6 is 38.9 Å². The summed E-state index contributed by atoms with van der Waals surface area (Å²) in [6.45, 7) is 2.73. The first-order valence-corrected chi connectivity index (χ1v) is 6.99. The van der Waals surface area contributed by atoms with Crippen LogP contribution in [0.1, 0.15) is 9.75 Å². The Morgan fingerprint density at radius 2 is 2.18 bits per heavy atom. The van der Waals surface area contributed by atoms with E-state index in [1.54, 1.807) is 23.5 Å². The van der Waals surface area contributed by atoms with Gasteiger partial charge in [0, 0.05) is 26.5 Å². The zero-order chi connectivity index (χ0) is 12.4. The largest absolute Gasteiger partial charge is 0.380 e. The standard InChI is InChI=1S/C12H10BrClFNS/c1-7-10(13)5-9(17-7)6-16-8-2-3-11(14)12(15)4-8/h2-5,16H,6H2,1H3. The second kappa shape index (κ2) is 5.38. The predicted molar refractivity (Wildman–Crippen MR) is 75.5 cm³/mol. The van der Waals surface area contributed by atoms with Crippen molar-refractivity contribution >= 4 is 44.6 Å². The van der Waals surface area contributed by atoms with Gasteiger partial charge in [-0.25, -0.2) is 4.39 Å². The van der Waals surface area contributed by atoms with E-state index < -0.39 is 5.82 Å². The molecule has 2 rings (SSSR count). The molecule has 1 nitrogen and oxygen atoms in total. The van der Waals surface area contributed by atoms with Crippen LogP contribution in [0.3, 0.4) is 0 Å². The molecule has 5 heteroatoms. The van der Waals surface area contributed by atoms with Crippen molar-refractivity contribution in [3.8, 4) is 0 Å². The molecule has 17 heavy (non-hydrogen) atoms. The number of halogens is 3. The highest BCUT2D eigenvalue weighted by Crippen LogP contribution is 2.27. The lowest BCUT2D eigenvalue weighted by Crippen LogP contribution is -1.97. The first-order valence-electron chi connectivity index (χ1n) is 5.00. The maximum Gasteiger partial charge on any atom is 0.143 e. The lowest BCUT2D eigenvalue weighted by molar-refractivity contribution is 0.628. The molecular weight excluding hydrogens is 325 g/mol. The monoisotopic (exact) mass is 333 g/mol. The van der Waals surface area contributed by atoms with Gasteiger partial charge in [0.05, 0.1) is 5.02 Å². The van der Waals surface area contributed by atoms with Crippen molar-refractivity contribution in [3.05, 3.63) is 49.3 Å². The molecular formula is C12H10BrClFNS.